The Hall–Kier alpha value is -4.38. The lowest BCUT2D eigenvalue weighted by atomic mass is 10.1. The monoisotopic (exact) mass is 417 g/mol. The van der Waals surface area contributed by atoms with Crippen LogP contribution in [0.3, 0.4) is 0 Å². The molecule has 0 radical (unpaired) electrons. The quantitative estimate of drug-likeness (QED) is 0.270. The molecule has 2 aromatic carbocycles. The van der Waals surface area contributed by atoms with Gasteiger partial charge in [-0.2, -0.15) is 5.26 Å². The van der Waals surface area contributed by atoms with Gasteiger partial charge in [-0.05, 0) is 42.8 Å². The number of hydrogen-bond acceptors (Lipinski definition) is 7. The van der Waals surface area contributed by atoms with Gasteiger partial charge >= 0.3 is 11.9 Å². The smallest absolute Gasteiger partial charge is 0.337 e. The number of esters is 2. The Bertz CT molecular complexity index is 1180. The van der Waals surface area contributed by atoms with Crippen LogP contribution in [0.15, 0.2) is 60.4 Å². The summed E-state index contributed by atoms with van der Waals surface area (Å²) in [5, 5.41) is 19.9. The van der Waals surface area contributed by atoms with Gasteiger partial charge < -0.3 is 19.6 Å². The highest BCUT2D eigenvalue weighted by Gasteiger charge is 2.20. The second kappa shape index (κ2) is 9.41. The van der Waals surface area contributed by atoms with E-state index in [1.807, 2.05) is 18.2 Å². The number of carbonyl (C=O) groups excluding carboxylic acids is 2. The molecule has 3 rings (SSSR count). The fourth-order valence-electron chi connectivity index (χ4n) is 2.79. The van der Waals surface area contributed by atoms with E-state index in [2.05, 4.69) is 14.7 Å². The zero-order valence-corrected chi connectivity index (χ0v) is 16.8. The van der Waals surface area contributed by atoms with E-state index in [1.165, 1.54) is 26.2 Å². The Balaban J connectivity index is 1.70. The molecule has 156 valence electrons. The van der Waals surface area contributed by atoms with Crippen LogP contribution < -0.4 is 0 Å². The first kappa shape index (κ1) is 21.3. The maximum absolute atomic E-state index is 12.1. The van der Waals surface area contributed by atoms with Crippen LogP contribution in [0.1, 0.15) is 28.7 Å². The van der Waals surface area contributed by atoms with Gasteiger partial charge in [-0.15, -0.1) is 0 Å². The molecule has 0 saturated heterocycles. The molecule has 0 aliphatic heterocycles. The van der Waals surface area contributed by atoms with Crippen molar-refractivity contribution in [3.63, 3.8) is 0 Å². The van der Waals surface area contributed by atoms with Crippen LogP contribution in [0.25, 0.3) is 22.7 Å². The summed E-state index contributed by atoms with van der Waals surface area (Å²) in [6.07, 6.45) is 1.62. The standard InChI is InChI=1S/C23H19N3O5/c1-14(21(28)17(13-24)22-25-18-5-3-4-6-19(18)26-22)31-20(27)12-9-15-7-10-16(11-8-15)23(29)30-2/h3-12,14,28H,1-2H3,(H,25,26)/b12-9+,21-17-/t14-/m1/s1. The summed E-state index contributed by atoms with van der Waals surface area (Å²) in [7, 11) is 1.29. The van der Waals surface area contributed by atoms with Gasteiger partial charge in [0, 0.05) is 6.08 Å². The largest absolute Gasteiger partial charge is 0.507 e. The molecule has 1 atom stereocenters. The Kier molecular flexibility index (Phi) is 6.48. The number of H-pyrrole nitrogens is 1. The Morgan fingerprint density at radius 2 is 1.90 bits per heavy atom. The van der Waals surface area contributed by atoms with Crippen molar-refractivity contribution in [2.24, 2.45) is 0 Å². The molecule has 31 heavy (non-hydrogen) atoms. The molecule has 0 bridgehead atoms. The van der Waals surface area contributed by atoms with E-state index in [0.717, 1.165) is 0 Å². The van der Waals surface area contributed by atoms with Gasteiger partial charge in [0.2, 0.25) is 0 Å². The second-order valence-corrected chi connectivity index (χ2v) is 6.50. The number of aliphatic hydroxyl groups is 1. The van der Waals surface area contributed by atoms with E-state index in [1.54, 1.807) is 36.4 Å². The Morgan fingerprint density at radius 3 is 2.55 bits per heavy atom. The summed E-state index contributed by atoms with van der Waals surface area (Å²) in [6, 6.07) is 15.5. The molecule has 0 amide bonds. The number of imidazole rings is 1. The van der Waals surface area contributed by atoms with Gasteiger partial charge in [0.25, 0.3) is 0 Å². The minimum absolute atomic E-state index is 0.112. The van der Waals surface area contributed by atoms with Crippen LogP contribution in [0, 0.1) is 11.3 Å². The SMILES string of the molecule is COC(=O)c1ccc(/C=C/C(=O)O[C@H](C)/C(O)=C(\C#N)c2nc3ccccc3[nH]2)cc1. The molecule has 1 heterocycles. The number of hydrogen-bond donors (Lipinski definition) is 2. The number of rotatable bonds is 6. The van der Waals surface area contributed by atoms with Crippen molar-refractivity contribution in [3.8, 4) is 6.07 Å². The number of para-hydroxylation sites is 2. The van der Waals surface area contributed by atoms with Crippen molar-refractivity contribution >= 4 is 34.6 Å². The van der Waals surface area contributed by atoms with Crippen LogP contribution in [-0.2, 0) is 14.3 Å². The van der Waals surface area contributed by atoms with E-state index in [9.17, 15) is 20.0 Å². The predicted molar refractivity (Wildman–Crippen MR) is 114 cm³/mol. The zero-order valence-electron chi connectivity index (χ0n) is 16.8. The number of carbonyl (C=O) groups is 2. The van der Waals surface area contributed by atoms with Gasteiger partial charge in [-0.1, -0.05) is 24.3 Å². The summed E-state index contributed by atoms with van der Waals surface area (Å²) in [5.41, 5.74) is 2.30. The number of benzene rings is 2. The van der Waals surface area contributed by atoms with Crippen LogP contribution in [-0.4, -0.2) is 40.2 Å². The Labute approximate surface area is 178 Å². The number of allylic oxidation sites excluding steroid dienone is 1. The number of ether oxygens (including phenoxy) is 2. The minimum Gasteiger partial charge on any atom is -0.507 e. The molecule has 8 heteroatoms. The molecule has 0 saturated carbocycles. The molecule has 3 aromatic rings. The van der Waals surface area contributed by atoms with Crippen LogP contribution in [0.5, 0.6) is 0 Å². The second-order valence-electron chi connectivity index (χ2n) is 6.50. The number of methoxy groups -OCH3 is 1. The van der Waals surface area contributed by atoms with Crippen molar-refractivity contribution in [3.05, 3.63) is 77.3 Å². The fraction of sp³-hybridized carbons (Fsp3) is 0.130. The zero-order chi connectivity index (χ0) is 22.4. The van der Waals surface area contributed by atoms with Crippen LogP contribution in [0.2, 0.25) is 0 Å². The van der Waals surface area contributed by atoms with E-state index < -0.39 is 23.8 Å². The highest BCUT2D eigenvalue weighted by atomic mass is 16.6. The van der Waals surface area contributed by atoms with E-state index in [0.29, 0.717) is 22.2 Å². The first-order valence-corrected chi connectivity index (χ1v) is 9.28. The molecule has 0 fully saturated rings. The summed E-state index contributed by atoms with van der Waals surface area (Å²) in [4.78, 5) is 30.8. The highest BCUT2D eigenvalue weighted by molar-refractivity contribution is 5.90. The third-order valence-corrected chi connectivity index (χ3v) is 4.42. The van der Waals surface area contributed by atoms with E-state index in [-0.39, 0.29) is 11.4 Å². The lowest BCUT2D eigenvalue weighted by Crippen LogP contribution is -2.17. The topological polar surface area (TPSA) is 125 Å². The number of nitrogens with one attached hydrogen (secondary N) is 1. The van der Waals surface area contributed by atoms with Gasteiger partial charge in [0.15, 0.2) is 17.7 Å². The molecule has 2 N–H and O–H groups in total. The molecule has 0 spiro atoms. The number of aliphatic hydroxyl groups excluding tert-OH is 1. The molecular formula is C23H19N3O5. The Morgan fingerprint density at radius 1 is 1.19 bits per heavy atom. The van der Waals surface area contributed by atoms with Crippen molar-refractivity contribution in [1.82, 2.24) is 9.97 Å². The van der Waals surface area contributed by atoms with E-state index in [4.69, 9.17) is 4.74 Å². The summed E-state index contributed by atoms with van der Waals surface area (Å²) >= 11 is 0. The minimum atomic E-state index is -1.07. The van der Waals surface area contributed by atoms with Crippen molar-refractivity contribution in [2.45, 2.75) is 13.0 Å². The third kappa shape index (κ3) is 4.97. The van der Waals surface area contributed by atoms with Crippen LogP contribution >= 0.6 is 0 Å². The third-order valence-electron chi connectivity index (χ3n) is 4.42. The first-order chi connectivity index (χ1) is 14.9. The number of aromatic nitrogens is 2. The summed E-state index contributed by atoms with van der Waals surface area (Å²) < 4.78 is 9.82. The normalized spacial score (nSPS) is 12.8. The first-order valence-electron chi connectivity index (χ1n) is 9.28. The molecular weight excluding hydrogens is 398 g/mol. The highest BCUT2D eigenvalue weighted by Crippen LogP contribution is 2.21. The maximum Gasteiger partial charge on any atom is 0.337 e. The van der Waals surface area contributed by atoms with Crippen molar-refractivity contribution in [1.29, 1.82) is 5.26 Å². The van der Waals surface area contributed by atoms with Gasteiger partial charge in [-0.25, -0.2) is 14.6 Å². The molecule has 0 aliphatic rings. The van der Waals surface area contributed by atoms with E-state index >= 15 is 0 Å². The molecule has 1 aromatic heterocycles. The number of aromatic amines is 1. The summed E-state index contributed by atoms with van der Waals surface area (Å²) in [6.45, 7) is 1.45. The van der Waals surface area contributed by atoms with Crippen LogP contribution in [0.4, 0.5) is 0 Å². The number of fused-ring (bicyclic) bond motifs is 1. The van der Waals surface area contributed by atoms with Crippen molar-refractivity contribution < 1.29 is 24.2 Å². The average Bonchev–Trinajstić information content (AvgIpc) is 3.21. The van der Waals surface area contributed by atoms with Gasteiger partial charge in [-0.3, -0.25) is 0 Å². The molecule has 8 nitrogen and oxygen atoms in total. The average molecular weight is 417 g/mol. The number of nitrogens with zero attached hydrogens (tertiary/aromatic N) is 2. The fourth-order valence-corrected chi connectivity index (χ4v) is 2.79. The van der Waals surface area contributed by atoms with Crippen molar-refractivity contribution in [2.75, 3.05) is 7.11 Å². The summed E-state index contributed by atoms with van der Waals surface area (Å²) in [5.74, 6) is -1.39. The lowest BCUT2D eigenvalue weighted by Gasteiger charge is -2.12. The molecule has 0 unspecified atom stereocenters. The maximum atomic E-state index is 12.1. The van der Waals surface area contributed by atoms with Gasteiger partial charge in [0.1, 0.15) is 11.6 Å². The predicted octanol–water partition coefficient (Wildman–Crippen LogP) is 3.79. The van der Waals surface area contributed by atoms with Gasteiger partial charge in [0.05, 0.1) is 23.7 Å². The lowest BCUT2D eigenvalue weighted by molar-refractivity contribution is -0.141. The number of nitriles is 1. The molecule has 0 aliphatic carbocycles.